The Morgan fingerprint density at radius 2 is 2.16 bits per heavy atom. The van der Waals surface area contributed by atoms with E-state index >= 15 is 0 Å². The molecule has 1 saturated heterocycles. The third kappa shape index (κ3) is 4.23. The van der Waals surface area contributed by atoms with Crippen LogP contribution in [0, 0.1) is 5.82 Å². The number of likely N-dealkylation sites (tertiary alicyclic amines) is 1. The first-order chi connectivity index (χ1) is 15.4. The number of hydrogen-bond donors (Lipinski definition) is 1. The van der Waals surface area contributed by atoms with Gasteiger partial charge < -0.3 is 15.0 Å². The Hall–Kier alpha value is -2.90. The molecular formula is C23H21Cl2FN4O2. The van der Waals surface area contributed by atoms with Crippen LogP contribution in [0.2, 0.25) is 10.0 Å². The molecule has 0 spiro atoms. The molecule has 0 aliphatic carbocycles. The molecule has 0 bridgehead atoms. The number of methoxy groups -OCH3 is 1. The molecule has 1 aliphatic heterocycles. The van der Waals surface area contributed by atoms with Crippen LogP contribution < -0.4 is 10.1 Å². The Bertz CT molecular complexity index is 1200. The van der Waals surface area contributed by atoms with Gasteiger partial charge in [0.25, 0.3) is 0 Å². The summed E-state index contributed by atoms with van der Waals surface area (Å²) in [6.45, 7) is 4.85. The van der Waals surface area contributed by atoms with E-state index in [1.807, 2.05) is 12.1 Å². The van der Waals surface area contributed by atoms with Gasteiger partial charge in [-0.15, -0.1) is 0 Å². The highest BCUT2D eigenvalue weighted by Gasteiger charge is 2.26. The van der Waals surface area contributed by atoms with Gasteiger partial charge in [0.15, 0.2) is 5.82 Å². The normalized spacial score (nSPS) is 16.1. The average Bonchev–Trinajstić information content (AvgIpc) is 2.83. The molecule has 166 valence electrons. The summed E-state index contributed by atoms with van der Waals surface area (Å²) in [6.07, 6.45) is 4.50. The van der Waals surface area contributed by atoms with E-state index in [2.05, 4.69) is 21.9 Å². The van der Waals surface area contributed by atoms with Crippen molar-refractivity contribution in [3.8, 4) is 5.75 Å². The number of rotatable bonds is 5. The number of nitrogens with one attached hydrogen (secondary N) is 1. The lowest BCUT2D eigenvalue weighted by atomic mass is 9.89. The Morgan fingerprint density at radius 3 is 2.91 bits per heavy atom. The van der Waals surface area contributed by atoms with Crippen molar-refractivity contribution < 1.29 is 13.9 Å². The lowest BCUT2D eigenvalue weighted by Crippen LogP contribution is -2.38. The fourth-order valence-electron chi connectivity index (χ4n) is 4.01. The Kier molecular flexibility index (Phi) is 6.48. The lowest BCUT2D eigenvalue weighted by molar-refractivity contribution is -0.127. The van der Waals surface area contributed by atoms with Crippen molar-refractivity contribution in [3.63, 3.8) is 0 Å². The summed E-state index contributed by atoms with van der Waals surface area (Å²) >= 11 is 11.8. The first-order valence-electron chi connectivity index (χ1n) is 10.1. The quantitative estimate of drug-likeness (QED) is 0.378. The second-order valence-electron chi connectivity index (χ2n) is 7.51. The third-order valence-corrected chi connectivity index (χ3v) is 6.40. The van der Waals surface area contributed by atoms with Crippen LogP contribution in [0.1, 0.15) is 24.3 Å². The number of aromatic nitrogens is 2. The molecule has 1 aromatic heterocycles. The van der Waals surface area contributed by atoms with Crippen molar-refractivity contribution in [2.24, 2.45) is 0 Å². The maximum Gasteiger partial charge on any atom is 0.245 e. The van der Waals surface area contributed by atoms with E-state index in [1.54, 1.807) is 12.0 Å². The zero-order chi connectivity index (χ0) is 22.8. The monoisotopic (exact) mass is 474 g/mol. The van der Waals surface area contributed by atoms with E-state index < -0.39 is 5.82 Å². The van der Waals surface area contributed by atoms with Crippen LogP contribution in [-0.2, 0) is 4.79 Å². The van der Waals surface area contributed by atoms with Crippen molar-refractivity contribution in [2.75, 3.05) is 25.5 Å². The van der Waals surface area contributed by atoms with Crippen molar-refractivity contribution in [3.05, 3.63) is 64.7 Å². The molecule has 4 rings (SSSR count). The Labute approximate surface area is 195 Å². The maximum atomic E-state index is 14.6. The van der Waals surface area contributed by atoms with Gasteiger partial charge in [-0.05, 0) is 42.7 Å². The summed E-state index contributed by atoms with van der Waals surface area (Å²) in [7, 11) is 1.60. The van der Waals surface area contributed by atoms with Crippen molar-refractivity contribution in [1.82, 2.24) is 14.9 Å². The molecule has 0 saturated carbocycles. The molecule has 1 aliphatic rings. The van der Waals surface area contributed by atoms with E-state index in [9.17, 15) is 9.18 Å². The predicted molar refractivity (Wildman–Crippen MR) is 125 cm³/mol. The third-order valence-electron chi connectivity index (χ3n) is 5.62. The summed E-state index contributed by atoms with van der Waals surface area (Å²) in [5.74, 6) is 0.425. The molecule has 1 fully saturated rings. The summed E-state index contributed by atoms with van der Waals surface area (Å²) in [6, 6.07) is 6.79. The van der Waals surface area contributed by atoms with Gasteiger partial charge in [-0.1, -0.05) is 29.8 Å². The molecule has 1 unspecified atom stereocenters. The second-order valence-corrected chi connectivity index (χ2v) is 8.29. The molecule has 2 aromatic carbocycles. The van der Waals surface area contributed by atoms with E-state index in [-0.39, 0.29) is 27.6 Å². The highest BCUT2D eigenvalue weighted by molar-refractivity contribution is 6.42. The zero-order valence-corrected chi connectivity index (χ0v) is 18.9. The topological polar surface area (TPSA) is 67.4 Å². The molecule has 0 radical (unpaired) electrons. The Morgan fingerprint density at radius 1 is 1.34 bits per heavy atom. The zero-order valence-electron chi connectivity index (χ0n) is 17.4. The van der Waals surface area contributed by atoms with E-state index in [4.69, 9.17) is 27.9 Å². The fraction of sp³-hybridized carbons (Fsp3) is 0.261. The number of piperidine rings is 1. The maximum absolute atomic E-state index is 14.6. The molecule has 6 nitrogen and oxygen atoms in total. The molecule has 3 aromatic rings. The molecular weight excluding hydrogens is 454 g/mol. The number of carbonyl (C=O) groups excluding carboxylic acids is 1. The smallest absolute Gasteiger partial charge is 0.245 e. The Balaban J connectivity index is 1.76. The first kappa shape index (κ1) is 22.3. The van der Waals surface area contributed by atoms with Crippen molar-refractivity contribution >= 4 is 51.5 Å². The first-order valence-corrected chi connectivity index (χ1v) is 10.8. The summed E-state index contributed by atoms with van der Waals surface area (Å²) in [5, 5.41) is 3.66. The number of hydrogen-bond acceptors (Lipinski definition) is 5. The standard InChI is InChI=1S/C23H21Cl2FN4O2/c1-3-20(31)30-8-4-5-13(11-30)14-9-15-18(10-19(14)32-2)27-12-28-23(15)29-17-7-6-16(24)21(25)22(17)26/h3,6-7,9-10,12-13H,1,4-5,8,11H2,2H3,(H,27,28,29). The lowest BCUT2D eigenvalue weighted by Gasteiger charge is -2.33. The molecule has 9 heteroatoms. The minimum atomic E-state index is -0.662. The molecule has 1 N–H and O–H groups in total. The largest absolute Gasteiger partial charge is 0.496 e. The van der Waals surface area contributed by atoms with Gasteiger partial charge in [-0.2, -0.15) is 0 Å². The number of nitrogens with zero attached hydrogens (tertiary/aromatic N) is 3. The van der Waals surface area contributed by atoms with Gasteiger partial charge in [0, 0.05) is 30.5 Å². The average molecular weight is 475 g/mol. The number of fused-ring (bicyclic) bond motifs is 1. The molecule has 2 heterocycles. The summed E-state index contributed by atoms with van der Waals surface area (Å²) < 4.78 is 20.2. The van der Waals surface area contributed by atoms with Crippen LogP contribution >= 0.6 is 23.2 Å². The number of halogens is 3. The van der Waals surface area contributed by atoms with Crippen LogP contribution in [0.4, 0.5) is 15.9 Å². The highest BCUT2D eigenvalue weighted by atomic mass is 35.5. The van der Waals surface area contributed by atoms with Crippen LogP contribution in [0.5, 0.6) is 5.75 Å². The van der Waals surface area contributed by atoms with E-state index in [0.717, 1.165) is 18.4 Å². The van der Waals surface area contributed by atoms with Gasteiger partial charge in [0.05, 0.1) is 28.4 Å². The molecule has 32 heavy (non-hydrogen) atoms. The van der Waals surface area contributed by atoms with Crippen LogP contribution in [0.25, 0.3) is 10.9 Å². The predicted octanol–water partition coefficient (Wildman–Crippen LogP) is 5.72. The van der Waals surface area contributed by atoms with Gasteiger partial charge in [0.1, 0.15) is 17.9 Å². The molecule has 1 atom stereocenters. The number of benzene rings is 2. The van der Waals surface area contributed by atoms with Gasteiger partial charge in [-0.3, -0.25) is 4.79 Å². The number of carbonyl (C=O) groups is 1. The van der Waals surface area contributed by atoms with Gasteiger partial charge in [-0.25, -0.2) is 14.4 Å². The molecule has 1 amide bonds. The highest BCUT2D eigenvalue weighted by Crippen LogP contribution is 2.38. The van der Waals surface area contributed by atoms with Crippen molar-refractivity contribution in [1.29, 1.82) is 0 Å². The minimum absolute atomic E-state index is 0.0711. The second kappa shape index (κ2) is 9.30. The van der Waals surface area contributed by atoms with Gasteiger partial charge >= 0.3 is 0 Å². The summed E-state index contributed by atoms with van der Waals surface area (Å²) in [4.78, 5) is 22.6. The van der Waals surface area contributed by atoms with Crippen molar-refractivity contribution in [2.45, 2.75) is 18.8 Å². The number of anilines is 2. The fourth-order valence-corrected chi connectivity index (χ4v) is 4.32. The number of amides is 1. The minimum Gasteiger partial charge on any atom is -0.496 e. The van der Waals surface area contributed by atoms with E-state index in [0.29, 0.717) is 35.6 Å². The van der Waals surface area contributed by atoms with Crippen LogP contribution in [0.15, 0.2) is 43.2 Å². The SMILES string of the molecule is C=CC(=O)N1CCCC(c2cc3c(Nc4ccc(Cl)c(Cl)c4F)ncnc3cc2OC)C1. The number of ether oxygens (including phenoxy) is 1. The van der Waals surface area contributed by atoms with Gasteiger partial charge in [0.2, 0.25) is 5.91 Å². The summed E-state index contributed by atoms with van der Waals surface area (Å²) in [5.41, 5.74) is 1.73. The van der Waals surface area contributed by atoms with Crippen LogP contribution in [-0.4, -0.2) is 41.0 Å². The van der Waals surface area contributed by atoms with E-state index in [1.165, 1.54) is 24.5 Å². The van der Waals surface area contributed by atoms with Crippen LogP contribution in [0.3, 0.4) is 0 Å².